The van der Waals surface area contributed by atoms with Crippen LogP contribution in [0.2, 0.25) is 0 Å². The Balaban J connectivity index is 1.94. The van der Waals surface area contributed by atoms with Crippen LogP contribution in [0.15, 0.2) is 36.5 Å². The van der Waals surface area contributed by atoms with Gasteiger partial charge in [-0.3, -0.25) is 4.98 Å². The van der Waals surface area contributed by atoms with Crippen LogP contribution in [0.4, 0.5) is 0 Å². The van der Waals surface area contributed by atoms with E-state index in [0.717, 1.165) is 35.9 Å². The molecule has 3 heteroatoms. The number of benzene rings is 1. The van der Waals surface area contributed by atoms with Gasteiger partial charge in [-0.15, -0.1) is 0 Å². The second-order valence-corrected chi connectivity index (χ2v) is 4.45. The van der Waals surface area contributed by atoms with E-state index < -0.39 is 6.10 Å². The molecule has 2 heterocycles. The minimum atomic E-state index is -0.538. The van der Waals surface area contributed by atoms with E-state index in [4.69, 9.17) is 4.74 Å². The molecule has 2 aromatic rings. The number of rotatable bonds is 2. The molecule has 88 valence electrons. The Morgan fingerprint density at radius 2 is 2.29 bits per heavy atom. The smallest absolute Gasteiger partial charge is 0.105 e. The van der Waals surface area contributed by atoms with Gasteiger partial charge in [0.15, 0.2) is 0 Å². The average Bonchev–Trinajstić information content (AvgIpc) is 2.91. The molecule has 1 aliphatic rings. The van der Waals surface area contributed by atoms with Gasteiger partial charge < -0.3 is 9.84 Å². The van der Waals surface area contributed by atoms with E-state index in [0.29, 0.717) is 0 Å². The first-order valence-corrected chi connectivity index (χ1v) is 5.99. The molecule has 1 aromatic carbocycles. The number of pyridine rings is 1. The molecule has 3 rings (SSSR count). The largest absolute Gasteiger partial charge is 0.386 e. The van der Waals surface area contributed by atoms with Crippen LogP contribution in [0.5, 0.6) is 0 Å². The molecular formula is C14H15NO2. The summed E-state index contributed by atoms with van der Waals surface area (Å²) in [5.41, 5.74) is 1.81. The summed E-state index contributed by atoms with van der Waals surface area (Å²) in [6.45, 7) is 0.757. The Labute approximate surface area is 100 Å². The highest BCUT2D eigenvalue weighted by atomic mass is 16.5. The fourth-order valence-electron chi connectivity index (χ4n) is 2.33. The summed E-state index contributed by atoms with van der Waals surface area (Å²) in [7, 11) is 0. The van der Waals surface area contributed by atoms with Gasteiger partial charge in [0.25, 0.3) is 0 Å². The third kappa shape index (κ3) is 2.04. The average molecular weight is 229 g/mol. The number of hydrogen-bond donors (Lipinski definition) is 1. The van der Waals surface area contributed by atoms with Crippen LogP contribution in [0.3, 0.4) is 0 Å². The Hall–Kier alpha value is -1.45. The summed E-state index contributed by atoms with van der Waals surface area (Å²) >= 11 is 0. The van der Waals surface area contributed by atoms with Gasteiger partial charge in [0.1, 0.15) is 6.10 Å². The normalized spacial score (nSPS) is 21.8. The van der Waals surface area contributed by atoms with E-state index >= 15 is 0 Å². The maximum absolute atomic E-state index is 10.2. The van der Waals surface area contributed by atoms with Crippen molar-refractivity contribution in [3.63, 3.8) is 0 Å². The summed E-state index contributed by atoms with van der Waals surface area (Å²) in [6.07, 6.45) is 3.14. The summed E-state index contributed by atoms with van der Waals surface area (Å²) in [5.74, 6) is 0. The zero-order valence-electron chi connectivity index (χ0n) is 9.54. The third-order valence-electron chi connectivity index (χ3n) is 3.29. The zero-order valence-corrected chi connectivity index (χ0v) is 9.54. The van der Waals surface area contributed by atoms with Gasteiger partial charge in [0.05, 0.1) is 11.6 Å². The predicted molar refractivity (Wildman–Crippen MR) is 65.7 cm³/mol. The number of aliphatic hydroxyl groups is 1. The van der Waals surface area contributed by atoms with Crippen LogP contribution in [0.1, 0.15) is 24.5 Å². The topological polar surface area (TPSA) is 42.4 Å². The molecule has 1 aliphatic heterocycles. The van der Waals surface area contributed by atoms with Gasteiger partial charge in [-0.1, -0.05) is 18.2 Å². The number of aliphatic hydroxyl groups excluding tert-OH is 1. The van der Waals surface area contributed by atoms with E-state index in [1.165, 1.54) is 0 Å². The molecule has 0 bridgehead atoms. The highest BCUT2D eigenvalue weighted by Crippen LogP contribution is 2.28. The summed E-state index contributed by atoms with van der Waals surface area (Å²) < 4.78 is 5.51. The predicted octanol–water partition coefficient (Wildman–Crippen LogP) is 2.45. The Bertz CT molecular complexity index is 520. The van der Waals surface area contributed by atoms with Crippen LogP contribution in [0.25, 0.3) is 10.9 Å². The van der Waals surface area contributed by atoms with Crippen molar-refractivity contribution in [1.82, 2.24) is 4.98 Å². The first kappa shape index (κ1) is 10.7. The van der Waals surface area contributed by atoms with Crippen LogP contribution < -0.4 is 0 Å². The number of nitrogens with zero attached hydrogens (tertiary/aromatic N) is 1. The SMILES string of the molecule is OC(c1ccc2cccnc2c1)C1CCCO1. The zero-order chi connectivity index (χ0) is 11.7. The van der Waals surface area contributed by atoms with Crippen molar-refractivity contribution in [2.75, 3.05) is 6.61 Å². The lowest BCUT2D eigenvalue weighted by Gasteiger charge is -2.17. The molecule has 1 saturated heterocycles. The monoisotopic (exact) mass is 229 g/mol. The number of ether oxygens (including phenoxy) is 1. The van der Waals surface area contributed by atoms with E-state index in [9.17, 15) is 5.11 Å². The first-order valence-electron chi connectivity index (χ1n) is 5.99. The molecule has 1 fully saturated rings. The lowest BCUT2D eigenvalue weighted by atomic mass is 10.0. The van der Waals surface area contributed by atoms with Crippen molar-refractivity contribution < 1.29 is 9.84 Å². The van der Waals surface area contributed by atoms with E-state index in [1.54, 1.807) is 6.20 Å². The van der Waals surface area contributed by atoms with Gasteiger partial charge in [-0.05, 0) is 30.5 Å². The van der Waals surface area contributed by atoms with Crippen molar-refractivity contribution in [1.29, 1.82) is 0 Å². The summed E-state index contributed by atoms with van der Waals surface area (Å²) in [5, 5.41) is 11.3. The van der Waals surface area contributed by atoms with Crippen molar-refractivity contribution in [2.45, 2.75) is 25.0 Å². The lowest BCUT2D eigenvalue weighted by molar-refractivity contribution is -0.00252. The molecular weight excluding hydrogens is 214 g/mol. The molecule has 1 aromatic heterocycles. The lowest BCUT2D eigenvalue weighted by Crippen LogP contribution is -2.17. The van der Waals surface area contributed by atoms with Crippen molar-refractivity contribution in [2.24, 2.45) is 0 Å². The van der Waals surface area contributed by atoms with Gasteiger partial charge >= 0.3 is 0 Å². The molecule has 0 amide bonds. The number of fused-ring (bicyclic) bond motifs is 1. The van der Waals surface area contributed by atoms with Crippen molar-refractivity contribution >= 4 is 10.9 Å². The van der Waals surface area contributed by atoms with E-state index in [2.05, 4.69) is 4.98 Å². The molecule has 0 aliphatic carbocycles. The highest BCUT2D eigenvalue weighted by Gasteiger charge is 2.25. The molecule has 2 atom stereocenters. The Morgan fingerprint density at radius 1 is 1.35 bits per heavy atom. The molecule has 1 N–H and O–H groups in total. The fraction of sp³-hybridized carbons (Fsp3) is 0.357. The second kappa shape index (κ2) is 4.43. The highest BCUT2D eigenvalue weighted by molar-refractivity contribution is 5.78. The molecule has 2 unspecified atom stereocenters. The minimum absolute atomic E-state index is 0.0591. The summed E-state index contributed by atoms with van der Waals surface area (Å²) in [4.78, 5) is 4.30. The van der Waals surface area contributed by atoms with E-state index in [1.807, 2.05) is 30.3 Å². The molecule has 0 saturated carbocycles. The maximum atomic E-state index is 10.2. The van der Waals surface area contributed by atoms with Gasteiger partial charge in [-0.25, -0.2) is 0 Å². The molecule has 0 spiro atoms. The van der Waals surface area contributed by atoms with Crippen molar-refractivity contribution in [3.8, 4) is 0 Å². The van der Waals surface area contributed by atoms with E-state index in [-0.39, 0.29) is 6.10 Å². The van der Waals surface area contributed by atoms with Gasteiger partial charge in [-0.2, -0.15) is 0 Å². The van der Waals surface area contributed by atoms with Gasteiger partial charge in [0, 0.05) is 18.2 Å². The molecule has 0 radical (unpaired) electrons. The van der Waals surface area contributed by atoms with Crippen LogP contribution in [-0.4, -0.2) is 22.8 Å². The Kier molecular flexibility index (Phi) is 2.79. The molecule has 17 heavy (non-hydrogen) atoms. The molecule has 3 nitrogen and oxygen atoms in total. The number of hydrogen-bond acceptors (Lipinski definition) is 3. The van der Waals surface area contributed by atoms with Crippen LogP contribution in [0, 0.1) is 0 Å². The quantitative estimate of drug-likeness (QED) is 0.860. The van der Waals surface area contributed by atoms with Gasteiger partial charge in [0.2, 0.25) is 0 Å². The Morgan fingerprint density at radius 3 is 3.12 bits per heavy atom. The van der Waals surface area contributed by atoms with Crippen molar-refractivity contribution in [3.05, 3.63) is 42.1 Å². The number of aromatic nitrogens is 1. The standard InChI is InChI=1S/C14H15NO2/c16-14(13-4-2-8-17-13)11-6-5-10-3-1-7-15-12(10)9-11/h1,3,5-7,9,13-14,16H,2,4,8H2. The summed E-state index contributed by atoms with van der Waals surface area (Å²) in [6, 6.07) is 9.83. The maximum Gasteiger partial charge on any atom is 0.105 e. The minimum Gasteiger partial charge on any atom is -0.386 e. The third-order valence-corrected chi connectivity index (χ3v) is 3.29. The second-order valence-electron chi connectivity index (χ2n) is 4.45. The van der Waals surface area contributed by atoms with Crippen LogP contribution in [-0.2, 0) is 4.74 Å². The first-order chi connectivity index (χ1) is 8.34. The van der Waals surface area contributed by atoms with Crippen LogP contribution >= 0.6 is 0 Å². The fourth-order valence-corrected chi connectivity index (χ4v) is 2.33.